The Balaban J connectivity index is 1.65. The van der Waals surface area contributed by atoms with Crippen LogP contribution in [0.5, 0.6) is 0 Å². The van der Waals surface area contributed by atoms with Gasteiger partial charge in [-0.3, -0.25) is 4.79 Å². The summed E-state index contributed by atoms with van der Waals surface area (Å²) in [7, 11) is 0. The van der Waals surface area contributed by atoms with E-state index in [2.05, 4.69) is 67.8 Å². The number of carbonyl (C=O) groups is 1. The Morgan fingerprint density at radius 1 is 0.414 bits per heavy atom. The van der Waals surface area contributed by atoms with Crippen LogP contribution in [0, 0.1) is 0 Å². The lowest BCUT2D eigenvalue weighted by molar-refractivity contribution is -0.359. The molecule has 0 bridgehead atoms. The summed E-state index contributed by atoms with van der Waals surface area (Å²) in [6.45, 7) is 2.79. The first kappa shape index (κ1) is 80.8. The fourth-order valence-corrected chi connectivity index (χ4v) is 11.7. The summed E-state index contributed by atoms with van der Waals surface area (Å²) >= 11 is 0. The van der Waals surface area contributed by atoms with E-state index in [0.717, 1.165) is 51.4 Å². The van der Waals surface area contributed by atoms with E-state index in [4.69, 9.17) is 18.9 Å². The lowest BCUT2D eigenvalue weighted by Gasteiger charge is -2.46. The number of unbranched alkanes of at least 4 members (excludes halogenated alkanes) is 38. The molecule has 12 unspecified atom stereocenters. The molecule has 2 rings (SSSR count). The molecule has 87 heavy (non-hydrogen) atoms. The maximum absolute atomic E-state index is 13.3. The molecule has 14 heteroatoms. The lowest BCUT2D eigenvalue weighted by atomic mass is 9.97. The van der Waals surface area contributed by atoms with Crippen LogP contribution < -0.4 is 5.32 Å². The number of aliphatic hydroxyl groups is 8. The van der Waals surface area contributed by atoms with Crippen molar-refractivity contribution in [1.82, 2.24) is 5.32 Å². The van der Waals surface area contributed by atoms with Crippen molar-refractivity contribution < 1.29 is 64.6 Å². The molecule has 0 aromatic carbocycles. The van der Waals surface area contributed by atoms with Crippen LogP contribution in [0.2, 0.25) is 0 Å². The molecule has 0 radical (unpaired) electrons. The summed E-state index contributed by atoms with van der Waals surface area (Å²) in [5, 5.41) is 87.4. The third-order valence-electron chi connectivity index (χ3n) is 17.4. The smallest absolute Gasteiger partial charge is 0.220 e. The predicted octanol–water partition coefficient (Wildman–Crippen LogP) is 14.8. The highest BCUT2D eigenvalue weighted by molar-refractivity contribution is 5.76. The van der Waals surface area contributed by atoms with Crippen LogP contribution in [-0.2, 0) is 23.7 Å². The summed E-state index contributed by atoms with van der Waals surface area (Å²) in [4.78, 5) is 13.3. The molecule has 2 aliphatic heterocycles. The molecular weight excluding hydrogens is 1100 g/mol. The Morgan fingerprint density at radius 3 is 1.20 bits per heavy atom. The SMILES string of the molecule is CCCCCCC/C=C\C/C=C\CCCCCCCCCCCCCCCCCCCCCCCC(=O)NC(COC1OC(CO)C(OC2OC(CO)C(O)C(O)C2O)C(O)C1O)C(O)/C=C/CC/C=C/CC/C=C/CCCCCCCCCCCC. The fourth-order valence-electron chi connectivity index (χ4n) is 11.7. The molecule has 0 spiro atoms. The molecule has 2 aliphatic rings. The second kappa shape index (κ2) is 57.6. The van der Waals surface area contributed by atoms with E-state index >= 15 is 0 Å². The first-order chi connectivity index (χ1) is 42.6. The van der Waals surface area contributed by atoms with Gasteiger partial charge < -0.3 is 65.1 Å². The molecule has 0 saturated carbocycles. The Kier molecular flexibility index (Phi) is 53.5. The highest BCUT2D eigenvalue weighted by atomic mass is 16.7. The zero-order valence-electron chi connectivity index (χ0n) is 55.3. The van der Waals surface area contributed by atoms with Crippen molar-refractivity contribution in [3.8, 4) is 0 Å². The minimum atomic E-state index is -1.79. The largest absolute Gasteiger partial charge is 0.394 e. The number of aliphatic hydroxyl groups excluding tert-OH is 8. The third-order valence-corrected chi connectivity index (χ3v) is 17.4. The number of carbonyl (C=O) groups excluding carboxylic acids is 1. The maximum Gasteiger partial charge on any atom is 0.220 e. The van der Waals surface area contributed by atoms with Crippen LogP contribution in [0.25, 0.3) is 0 Å². The van der Waals surface area contributed by atoms with Gasteiger partial charge in [0, 0.05) is 6.42 Å². The van der Waals surface area contributed by atoms with E-state index in [0.29, 0.717) is 12.8 Å². The zero-order valence-corrected chi connectivity index (χ0v) is 55.3. The minimum Gasteiger partial charge on any atom is -0.394 e. The lowest BCUT2D eigenvalue weighted by Crippen LogP contribution is -2.65. The molecule has 0 aromatic rings. The van der Waals surface area contributed by atoms with Crippen LogP contribution in [0.15, 0.2) is 60.8 Å². The monoisotopic (exact) mass is 1230 g/mol. The summed E-state index contributed by atoms with van der Waals surface area (Å²) in [5.41, 5.74) is 0. The Morgan fingerprint density at radius 2 is 0.770 bits per heavy atom. The van der Waals surface area contributed by atoms with Crippen molar-refractivity contribution in [2.75, 3.05) is 19.8 Å². The molecule has 1 amide bonds. The average Bonchev–Trinajstić information content (AvgIpc) is 2.59. The van der Waals surface area contributed by atoms with Crippen molar-refractivity contribution in [2.24, 2.45) is 0 Å². The molecule has 0 aromatic heterocycles. The van der Waals surface area contributed by atoms with Crippen molar-refractivity contribution in [3.05, 3.63) is 60.8 Å². The summed E-state index contributed by atoms with van der Waals surface area (Å²) < 4.78 is 22.8. The van der Waals surface area contributed by atoms with Gasteiger partial charge in [0.15, 0.2) is 12.6 Å². The molecule has 9 N–H and O–H groups in total. The molecule has 2 heterocycles. The number of nitrogens with one attached hydrogen (secondary N) is 1. The van der Waals surface area contributed by atoms with Gasteiger partial charge in [-0.1, -0.05) is 280 Å². The zero-order chi connectivity index (χ0) is 63.1. The number of hydrogen-bond donors (Lipinski definition) is 9. The Bertz CT molecular complexity index is 1690. The highest BCUT2D eigenvalue weighted by Gasteiger charge is 2.51. The van der Waals surface area contributed by atoms with Gasteiger partial charge in [0.05, 0.1) is 32.0 Å². The number of rotatable bonds is 59. The molecular formula is C73H133NO13. The fraction of sp³-hybridized carbons (Fsp3) is 0.849. The van der Waals surface area contributed by atoms with Gasteiger partial charge in [0.1, 0.15) is 48.8 Å². The first-order valence-electron chi connectivity index (χ1n) is 36.0. The van der Waals surface area contributed by atoms with E-state index in [-0.39, 0.29) is 18.9 Å². The maximum atomic E-state index is 13.3. The Labute approximate surface area is 530 Å². The molecule has 0 aliphatic carbocycles. The summed E-state index contributed by atoms with van der Waals surface area (Å²) in [6.07, 6.45) is 60.0. The number of amides is 1. The van der Waals surface area contributed by atoms with E-state index in [1.165, 1.54) is 218 Å². The van der Waals surface area contributed by atoms with Gasteiger partial charge >= 0.3 is 0 Å². The van der Waals surface area contributed by atoms with E-state index < -0.39 is 86.8 Å². The molecule has 12 atom stereocenters. The number of ether oxygens (including phenoxy) is 4. The van der Waals surface area contributed by atoms with Crippen molar-refractivity contribution >= 4 is 5.91 Å². The van der Waals surface area contributed by atoms with Gasteiger partial charge in [-0.25, -0.2) is 0 Å². The highest BCUT2D eigenvalue weighted by Crippen LogP contribution is 2.30. The minimum absolute atomic E-state index is 0.249. The number of allylic oxidation sites excluding steroid dienone is 9. The van der Waals surface area contributed by atoms with Gasteiger partial charge in [-0.05, 0) is 77.0 Å². The molecule has 14 nitrogen and oxygen atoms in total. The van der Waals surface area contributed by atoms with Crippen LogP contribution in [0.4, 0.5) is 0 Å². The summed E-state index contributed by atoms with van der Waals surface area (Å²) in [6, 6.07) is -0.939. The quantitative estimate of drug-likeness (QED) is 0.0204. The van der Waals surface area contributed by atoms with Gasteiger partial charge in [-0.15, -0.1) is 0 Å². The molecule has 508 valence electrons. The second-order valence-corrected chi connectivity index (χ2v) is 25.3. The van der Waals surface area contributed by atoms with Gasteiger partial charge in [-0.2, -0.15) is 0 Å². The van der Waals surface area contributed by atoms with Crippen LogP contribution in [0.3, 0.4) is 0 Å². The molecule has 2 saturated heterocycles. The topological polar surface area (TPSA) is 228 Å². The van der Waals surface area contributed by atoms with Crippen molar-refractivity contribution in [3.63, 3.8) is 0 Å². The number of hydrogen-bond acceptors (Lipinski definition) is 13. The van der Waals surface area contributed by atoms with Crippen molar-refractivity contribution in [1.29, 1.82) is 0 Å². The van der Waals surface area contributed by atoms with Crippen LogP contribution >= 0.6 is 0 Å². The van der Waals surface area contributed by atoms with Crippen molar-refractivity contribution in [2.45, 2.75) is 376 Å². The standard InChI is InChI=1S/C73H133NO13/c1-3-5-7-9-11-13-15-17-19-21-23-25-26-27-28-29-30-31-32-33-34-35-36-37-39-41-43-45-47-49-51-53-55-57-65(78)74-61(62(77)56-54-52-50-48-46-44-42-40-38-24-22-20-18-16-14-12-10-8-6-4-2)60-84-72-70(83)68(81)71(64(59-76)86-72)87-73-69(82)67(80)66(79)63(58-75)85-73/h15,17,21,23,38,40,46,48,54,56,61-64,66-73,75-77,79-83H,3-14,16,18-20,22,24-37,39,41-45,47,49-53,55,57-60H2,1-2H3,(H,74,78)/b17-15-,23-21-,40-38+,48-46+,56-54+. The average molecular weight is 1230 g/mol. The second-order valence-electron chi connectivity index (χ2n) is 25.3. The van der Waals surface area contributed by atoms with Crippen LogP contribution in [0.1, 0.15) is 303 Å². The first-order valence-corrected chi connectivity index (χ1v) is 36.0. The summed E-state index contributed by atoms with van der Waals surface area (Å²) in [5.74, 6) is -0.249. The predicted molar refractivity (Wildman–Crippen MR) is 355 cm³/mol. The third kappa shape index (κ3) is 41.7. The van der Waals surface area contributed by atoms with Gasteiger partial charge in [0.2, 0.25) is 5.91 Å². The van der Waals surface area contributed by atoms with E-state index in [1.54, 1.807) is 6.08 Å². The van der Waals surface area contributed by atoms with Crippen LogP contribution in [-0.4, -0.2) is 140 Å². The molecule has 2 fully saturated rings. The van der Waals surface area contributed by atoms with E-state index in [9.17, 15) is 45.6 Å². The Hall–Kier alpha value is -2.31. The normalized spacial score (nSPS) is 23.6. The van der Waals surface area contributed by atoms with E-state index in [1.807, 2.05) is 6.08 Å². The van der Waals surface area contributed by atoms with Gasteiger partial charge in [0.25, 0.3) is 0 Å².